The van der Waals surface area contributed by atoms with Gasteiger partial charge in [0.05, 0.1) is 0 Å². The Bertz CT molecular complexity index is 393. The Kier molecular flexibility index (Phi) is 4.13. The molecule has 2 fully saturated rings. The van der Waals surface area contributed by atoms with Crippen LogP contribution in [0.15, 0.2) is 4.52 Å². The minimum absolute atomic E-state index is 0.423. The van der Waals surface area contributed by atoms with Crippen LogP contribution in [0.25, 0.3) is 0 Å². The minimum Gasteiger partial charge on any atom is -0.381 e. The molecule has 2 aliphatic rings. The van der Waals surface area contributed by atoms with Gasteiger partial charge in [-0.3, -0.25) is 0 Å². The molecule has 0 aromatic carbocycles. The van der Waals surface area contributed by atoms with Gasteiger partial charge >= 0.3 is 0 Å². The van der Waals surface area contributed by atoms with E-state index in [4.69, 9.17) is 15.0 Å². The number of hydrogen-bond donors (Lipinski definition) is 1. The summed E-state index contributed by atoms with van der Waals surface area (Å²) < 4.78 is 10.9. The first-order valence-electron chi connectivity index (χ1n) is 7.48. The number of aromatic nitrogens is 2. The van der Waals surface area contributed by atoms with E-state index in [1.54, 1.807) is 0 Å². The summed E-state index contributed by atoms with van der Waals surface area (Å²) in [5.74, 6) is 3.29. The Labute approximate surface area is 113 Å². The first-order valence-corrected chi connectivity index (χ1v) is 7.48. The molecular formula is C14H23N3O2. The van der Waals surface area contributed by atoms with Crippen molar-refractivity contribution < 1.29 is 9.26 Å². The van der Waals surface area contributed by atoms with Gasteiger partial charge in [-0.25, -0.2) is 0 Å². The number of hydrogen-bond acceptors (Lipinski definition) is 5. The van der Waals surface area contributed by atoms with Gasteiger partial charge in [0.2, 0.25) is 5.89 Å². The second-order valence-corrected chi connectivity index (χ2v) is 5.83. The molecule has 1 saturated heterocycles. The van der Waals surface area contributed by atoms with Gasteiger partial charge in [0.15, 0.2) is 5.82 Å². The van der Waals surface area contributed by atoms with Gasteiger partial charge in [-0.05, 0) is 51.0 Å². The molecule has 0 bridgehead atoms. The van der Waals surface area contributed by atoms with E-state index in [2.05, 4.69) is 10.1 Å². The number of nitrogens with two attached hydrogens (primary N) is 1. The van der Waals surface area contributed by atoms with Gasteiger partial charge in [0.1, 0.15) is 0 Å². The molecule has 106 valence electrons. The summed E-state index contributed by atoms with van der Waals surface area (Å²) in [6, 6.07) is 0. The monoisotopic (exact) mass is 265 g/mol. The Morgan fingerprint density at radius 3 is 2.42 bits per heavy atom. The minimum atomic E-state index is 0.423. The lowest BCUT2D eigenvalue weighted by Crippen LogP contribution is -2.20. The van der Waals surface area contributed by atoms with Crippen molar-refractivity contribution in [2.24, 2.45) is 11.7 Å². The zero-order valence-corrected chi connectivity index (χ0v) is 11.4. The Hall–Kier alpha value is -0.940. The summed E-state index contributed by atoms with van der Waals surface area (Å²) in [6.45, 7) is 2.44. The zero-order chi connectivity index (χ0) is 13.1. The van der Waals surface area contributed by atoms with Crippen LogP contribution >= 0.6 is 0 Å². The van der Waals surface area contributed by atoms with Crippen molar-refractivity contribution >= 4 is 0 Å². The summed E-state index contributed by atoms with van der Waals surface area (Å²) in [7, 11) is 0. The SMILES string of the molecule is NCC1CCC(c2nc(C3CCOCC3)no2)CC1. The lowest BCUT2D eigenvalue weighted by molar-refractivity contribution is 0.0830. The van der Waals surface area contributed by atoms with Gasteiger partial charge in [-0.15, -0.1) is 0 Å². The first kappa shape index (κ1) is 13.1. The average molecular weight is 265 g/mol. The van der Waals surface area contributed by atoms with E-state index >= 15 is 0 Å². The lowest BCUT2D eigenvalue weighted by atomic mass is 9.82. The van der Waals surface area contributed by atoms with Crippen molar-refractivity contribution in [3.8, 4) is 0 Å². The van der Waals surface area contributed by atoms with Crippen LogP contribution in [0.5, 0.6) is 0 Å². The molecule has 5 nitrogen and oxygen atoms in total. The molecule has 5 heteroatoms. The van der Waals surface area contributed by atoms with E-state index in [9.17, 15) is 0 Å². The standard InChI is InChI=1S/C14H23N3O2/c15-9-10-1-3-12(4-2-10)14-16-13(17-19-14)11-5-7-18-8-6-11/h10-12H,1-9,15H2. The maximum Gasteiger partial charge on any atom is 0.229 e. The van der Waals surface area contributed by atoms with Crippen molar-refractivity contribution in [3.05, 3.63) is 11.7 Å². The fourth-order valence-corrected chi connectivity index (χ4v) is 3.18. The predicted molar refractivity (Wildman–Crippen MR) is 70.8 cm³/mol. The summed E-state index contributed by atoms with van der Waals surface area (Å²) in [5.41, 5.74) is 5.73. The fraction of sp³-hybridized carbons (Fsp3) is 0.857. The third-order valence-corrected chi connectivity index (χ3v) is 4.57. The Morgan fingerprint density at radius 1 is 1.00 bits per heavy atom. The molecule has 3 rings (SSSR count). The number of ether oxygens (including phenoxy) is 1. The molecule has 1 aliphatic heterocycles. The third kappa shape index (κ3) is 2.98. The van der Waals surface area contributed by atoms with Gasteiger partial charge in [-0.2, -0.15) is 4.98 Å². The van der Waals surface area contributed by atoms with Crippen LogP contribution < -0.4 is 5.73 Å². The van der Waals surface area contributed by atoms with Crippen LogP contribution in [-0.4, -0.2) is 29.9 Å². The number of nitrogens with zero attached hydrogens (tertiary/aromatic N) is 2. The van der Waals surface area contributed by atoms with Gasteiger partial charge in [-0.1, -0.05) is 5.16 Å². The van der Waals surface area contributed by atoms with E-state index in [1.165, 1.54) is 12.8 Å². The van der Waals surface area contributed by atoms with Crippen LogP contribution in [0, 0.1) is 5.92 Å². The Balaban J connectivity index is 1.61. The molecule has 0 atom stereocenters. The van der Waals surface area contributed by atoms with Crippen molar-refractivity contribution in [1.82, 2.24) is 10.1 Å². The molecule has 19 heavy (non-hydrogen) atoms. The summed E-state index contributed by atoms with van der Waals surface area (Å²) in [4.78, 5) is 4.64. The smallest absolute Gasteiger partial charge is 0.229 e. The largest absolute Gasteiger partial charge is 0.381 e. The summed E-state index contributed by atoms with van der Waals surface area (Å²) in [5, 5.41) is 4.19. The summed E-state index contributed by atoms with van der Waals surface area (Å²) >= 11 is 0. The molecule has 1 saturated carbocycles. The van der Waals surface area contributed by atoms with Crippen molar-refractivity contribution in [1.29, 1.82) is 0 Å². The topological polar surface area (TPSA) is 74.2 Å². The molecule has 0 radical (unpaired) electrons. The molecule has 2 N–H and O–H groups in total. The highest BCUT2D eigenvalue weighted by Gasteiger charge is 2.28. The highest BCUT2D eigenvalue weighted by Crippen LogP contribution is 2.35. The van der Waals surface area contributed by atoms with Crippen molar-refractivity contribution in [3.63, 3.8) is 0 Å². The highest BCUT2D eigenvalue weighted by atomic mass is 16.5. The van der Waals surface area contributed by atoms with Crippen LogP contribution in [0.3, 0.4) is 0 Å². The summed E-state index contributed by atoms with van der Waals surface area (Å²) in [6.07, 6.45) is 6.68. The maximum atomic E-state index is 5.73. The van der Waals surface area contributed by atoms with E-state index in [0.29, 0.717) is 17.8 Å². The number of rotatable bonds is 3. The van der Waals surface area contributed by atoms with E-state index in [1.807, 2.05) is 0 Å². The highest BCUT2D eigenvalue weighted by molar-refractivity contribution is 5.01. The molecule has 1 aromatic heterocycles. The van der Waals surface area contributed by atoms with E-state index in [0.717, 1.165) is 57.2 Å². The molecular weight excluding hydrogens is 242 g/mol. The lowest BCUT2D eigenvalue weighted by Gasteiger charge is -2.25. The maximum absolute atomic E-state index is 5.73. The molecule has 2 heterocycles. The second kappa shape index (κ2) is 6.01. The first-order chi connectivity index (χ1) is 9.36. The van der Waals surface area contributed by atoms with Gasteiger partial charge in [0, 0.05) is 25.0 Å². The molecule has 1 aliphatic carbocycles. The van der Waals surface area contributed by atoms with Crippen LogP contribution in [0.2, 0.25) is 0 Å². The quantitative estimate of drug-likeness (QED) is 0.906. The van der Waals surface area contributed by atoms with Crippen LogP contribution in [0.1, 0.15) is 62.1 Å². The van der Waals surface area contributed by atoms with E-state index < -0.39 is 0 Å². The van der Waals surface area contributed by atoms with Crippen molar-refractivity contribution in [2.75, 3.05) is 19.8 Å². The van der Waals surface area contributed by atoms with Crippen LogP contribution in [0.4, 0.5) is 0 Å². The third-order valence-electron chi connectivity index (χ3n) is 4.57. The molecule has 1 aromatic rings. The van der Waals surface area contributed by atoms with Gasteiger partial charge in [0.25, 0.3) is 0 Å². The second-order valence-electron chi connectivity index (χ2n) is 5.83. The normalized spacial score (nSPS) is 29.5. The fourth-order valence-electron chi connectivity index (χ4n) is 3.18. The molecule has 0 spiro atoms. The van der Waals surface area contributed by atoms with Gasteiger partial charge < -0.3 is 15.0 Å². The Morgan fingerprint density at radius 2 is 1.74 bits per heavy atom. The molecule has 0 amide bonds. The van der Waals surface area contributed by atoms with Crippen LogP contribution in [-0.2, 0) is 4.74 Å². The van der Waals surface area contributed by atoms with Crippen molar-refractivity contribution in [2.45, 2.75) is 50.4 Å². The molecule has 0 unspecified atom stereocenters. The zero-order valence-electron chi connectivity index (χ0n) is 11.4. The average Bonchev–Trinajstić information content (AvgIpc) is 2.98. The predicted octanol–water partition coefficient (Wildman–Crippen LogP) is 2.20. The van der Waals surface area contributed by atoms with E-state index in [-0.39, 0.29) is 0 Å².